The Balaban J connectivity index is 1.96. The molecule has 0 heterocycles. The van der Waals surface area contributed by atoms with Gasteiger partial charge in [-0.2, -0.15) is 0 Å². The summed E-state index contributed by atoms with van der Waals surface area (Å²) in [5.74, 6) is 0.900. The van der Waals surface area contributed by atoms with Crippen LogP contribution in [-0.2, 0) is 0 Å². The monoisotopic (exact) mass is 127 g/mol. The minimum atomic E-state index is 0.532. The van der Waals surface area contributed by atoms with Crippen LogP contribution in [0, 0.1) is 5.92 Å². The lowest BCUT2D eigenvalue weighted by Crippen LogP contribution is -2.21. The Kier molecular flexibility index (Phi) is 2.52. The average Bonchev–Trinajstić information content (AvgIpc) is 2.63. The number of nitrogens with two attached hydrogens (primary N) is 1. The van der Waals surface area contributed by atoms with Crippen LogP contribution in [0.5, 0.6) is 0 Å². The zero-order valence-electron chi connectivity index (χ0n) is 6.27. The molecule has 1 nitrogen and oxygen atoms in total. The van der Waals surface area contributed by atoms with Crippen LogP contribution in [0.25, 0.3) is 0 Å². The first-order chi connectivity index (χ1) is 4.34. The van der Waals surface area contributed by atoms with Crippen molar-refractivity contribution in [2.45, 2.75) is 45.1 Å². The van der Waals surface area contributed by atoms with Crippen molar-refractivity contribution in [3.05, 3.63) is 0 Å². The summed E-state index contributed by atoms with van der Waals surface area (Å²) in [4.78, 5) is 0. The number of hydrogen-bond donors (Lipinski definition) is 1. The van der Waals surface area contributed by atoms with Crippen LogP contribution >= 0.6 is 0 Å². The largest absolute Gasteiger partial charge is 0.327 e. The van der Waals surface area contributed by atoms with Gasteiger partial charge in [-0.25, -0.2) is 0 Å². The van der Waals surface area contributed by atoms with Crippen molar-refractivity contribution < 1.29 is 0 Å². The molecule has 0 aromatic rings. The molecule has 9 heavy (non-hydrogen) atoms. The second-order valence-electron chi connectivity index (χ2n) is 3.14. The van der Waals surface area contributed by atoms with Gasteiger partial charge in [0.15, 0.2) is 0 Å². The smallest absolute Gasteiger partial charge is 0.00671 e. The molecule has 0 saturated heterocycles. The van der Waals surface area contributed by atoms with E-state index in [1.165, 1.54) is 32.1 Å². The third-order valence-corrected chi connectivity index (χ3v) is 2.12. The van der Waals surface area contributed by atoms with Gasteiger partial charge in [-0.1, -0.05) is 19.8 Å². The lowest BCUT2D eigenvalue weighted by atomic mass is 10.1. The Morgan fingerprint density at radius 3 is 2.67 bits per heavy atom. The van der Waals surface area contributed by atoms with Gasteiger partial charge in [0.25, 0.3) is 0 Å². The molecule has 1 unspecified atom stereocenters. The summed E-state index contributed by atoms with van der Waals surface area (Å²) in [5, 5.41) is 0. The van der Waals surface area contributed by atoms with Gasteiger partial charge in [0.1, 0.15) is 0 Å². The van der Waals surface area contributed by atoms with Crippen LogP contribution in [0.4, 0.5) is 0 Å². The molecule has 0 aromatic carbocycles. The van der Waals surface area contributed by atoms with E-state index in [1.54, 1.807) is 0 Å². The van der Waals surface area contributed by atoms with E-state index in [0.717, 1.165) is 5.92 Å². The molecular formula is C8H17N. The second kappa shape index (κ2) is 3.21. The van der Waals surface area contributed by atoms with E-state index in [0.29, 0.717) is 6.04 Å². The Hall–Kier alpha value is -0.0400. The maximum Gasteiger partial charge on any atom is 0.00671 e. The van der Waals surface area contributed by atoms with E-state index in [-0.39, 0.29) is 0 Å². The highest BCUT2D eigenvalue weighted by Gasteiger charge is 2.27. The lowest BCUT2D eigenvalue weighted by Gasteiger charge is -2.07. The molecule has 0 aliphatic heterocycles. The predicted octanol–water partition coefficient (Wildman–Crippen LogP) is 1.91. The van der Waals surface area contributed by atoms with Gasteiger partial charge in [0.2, 0.25) is 0 Å². The van der Waals surface area contributed by atoms with Crippen molar-refractivity contribution in [2.24, 2.45) is 11.7 Å². The first kappa shape index (κ1) is 7.07. The van der Waals surface area contributed by atoms with E-state index < -0.39 is 0 Å². The summed E-state index contributed by atoms with van der Waals surface area (Å²) in [7, 11) is 0. The zero-order chi connectivity index (χ0) is 6.69. The molecule has 1 heteroatoms. The molecule has 54 valence electrons. The quantitative estimate of drug-likeness (QED) is 0.613. The van der Waals surface area contributed by atoms with Crippen LogP contribution in [0.2, 0.25) is 0 Å². The van der Waals surface area contributed by atoms with Crippen LogP contribution in [-0.4, -0.2) is 6.04 Å². The van der Waals surface area contributed by atoms with Gasteiger partial charge in [-0.3, -0.25) is 0 Å². The maximum absolute atomic E-state index is 5.87. The zero-order valence-corrected chi connectivity index (χ0v) is 6.27. The Labute approximate surface area is 57.6 Å². The third kappa shape index (κ3) is 2.35. The topological polar surface area (TPSA) is 26.0 Å². The van der Waals surface area contributed by atoms with Gasteiger partial charge in [-0.15, -0.1) is 0 Å². The van der Waals surface area contributed by atoms with E-state index in [1.807, 2.05) is 0 Å². The fraction of sp³-hybridized carbons (Fsp3) is 1.00. The molecule has 0 radical (unpaired) electrons. The fourth-order valence-corrected chi connectivity index (χ4v) is 1.20. The summed E-state index contributed by atoms with van der Waals surface area (Å²) >= 11 is 0. The van der Waals surface area contributed by atoms with Crippen molar-refractivity contribution in [3.8, 4) is 0 Å². The van der Waals surface area contributed by atoms with E-state index >= 15 is 0 Å². The van der Waals surface area contributed by atoms with Crippen LogP contribution in [0.3, 0.4) is 0 Å². The van der Waals surface area contributed by atoms with Gasteiger partial charge in [-0.05, 0) is 25.2 Å². The maximum atomic E-state index is 5.87. The molecule has 1 aliphatic rings. The minimum Gasteiger partial charge on any atom is -0.327 e. The van der Waals surface area contributed by atoms with Crippen LogP contribution < -0.4 is 5.73 Å². The van der Waals surface area contributed by atoms with Gasteiger partial charge < -0.3 is 5.73 Å². The van der Waals surface area contributed by atoms with Gasteiger partial charge in [0, 0.05) is 6.04 Å². The van der Waals surface area contributed by atoms with Gasteiger partial charge >= 0.3 is 0 Å². The molecule has 0 amide bonds. The van der Waals surface area contributed by atoms with E-state index in [2.05, 4.69) is 6.92 Å². The van der Waals surface area contributed by atoms with Crippen LogP contribution in [0.15, 0.2) is 0 Å². The molecule has 0 spiro atoms. The normalized spacial score (nSPS) is 22.0. The summed E-state index contributed by atoms with van der Waals surface area (Å²) in [6, 6.07) is 0.532. The molecule has 2 N–H and O–H groups in total. The third-order valence-electron chi connectivity index (χ3n) is 2.12. The summed E-state index contributed by atoms with van der Waals surface area (Å²) < 4.78 is 0. The van der Waals surface area contributed by atoms with Crippen molar-refractivity contribution in [3.63, 3.8) is 0 Å². The fourth-order valence-electron chi connectivity index (χ4n) is 1.20. The van der Waals surface area contributed by atoms with Gasteiger partial charge in [0.05, 0.1) is 0 Å². The standard InChI is InChI=1S/C8H17N/c1-2-3-4-8(9)7-5-6-7/h7-8H,2-6,9H2,1H3. The summed E-state index contributed by atoms with van der Waals surface area (Å²) in [6.07, 6.45) is 6.65. The van der Waals surface area contributed by atoms with E-state index in [4.69, 9.17) is 5.73 Å². The number of unbranched alkanes of at least 4 members (excludes halogenated alkanes) is 1. The number of hydrogen-bond acceptors (Lipinski definition) is 1. The summed E-state index contributed by atoms with van der Waals surface area (Å²) in [5.41, 5.74) is 5.87. The van der Waals surface area contributed by atoms with Crippen molar-refractivity contribution in [1.82, 2.24) is 0 Å². The van der Waals surface area contributed by atoms with Crippen molar-refractivity contribution >= 4 is 0 Å². The molecule has 1 aliphatic carbocycles. The molecular weight excluding hydrogens is 110 g/mol. The molecule has 0 bridgehead atoms. The average molecular weight is 127 g/mol. The second-order valence-corrected chi connectivity index (χ2v) is 3.14. The van der Waals surface area contributed by atoms with Crippen molar-refractivity contribution in [1.29, 1.82) is 0 Å². The molecule has 1 fully saturated rings. The van der Waals surface area contributed by atoms with Crippen LogP contribution in [0.1, 0.15) is 39.0 Å². The molecule has 1 atom stereocenters. The SMILES string of the molecule is CCCCC(N)C1CC1. The summed E-state index contributed by atoms with van der Waals surface area (Å²) in [6.45, 7) is 2.22. The van der Waals surface area contributed by atoms with E-state index in [9.17, 15) is 0 Å². The number of rotatable bonds is 4. The highest BCUT2D eigenvalue weighted by atomic mass is 14.7. The first-order valence-electron chi connectivity index (χ1n) is 4.10. The molecule has 1 saturated carbocycles. The highest BCUT2D eigenvalue weighted by Crippen LogP contribution is 2.33. The Morgan fingerprint density at radius 1 is 1.56 bits per heavy atom. The Bertz CT molecular complexity index is 76.6. The molecule has 0 aromatic heterocycles. The highest BCUT2D eigenvalue weighted by molar-refractivity contribution is 4.83. The van der Waals surface area contributed by atoms with Crippen molar-refractivity contribution in [2.75, 3.05) is 0 Å². The minimum absolute atomic E-state index is 0.532. The lowest BCUT2D eigenvalue weighted by molar-refractivity contribution is 0.524. The predicted molar refractivity (Wildman–Crippen MR) is 40.2 cm³/mol. The first-order valence-corrected chi connectivity index (χ1v) is 4.10. The Morgan fingerprint density at radius 2 is 2.22 bits per heavy atom. The molecule has 1 rings (SSSR count).